The molecule has 0 aliphatic rings. The van der Waals surface area contributed by atoms with Gasteiger partial charge in [0.15, 0.2) is 11.6 Å². The number of hydrogen-bond donors (Lipinski definition) is 2. The largest absolute Gasteiger partial charge is 0.497 e. The summed E-state index contributed by atoms with van der Waals surface area (Å²) >= 11 is 13.0. The second kappa shape index (κ2) is 9.93. The molecule has 2 aromatic heterocycles. The van der Waals surface area contributed by atoms with Crippen LogP contribution in [-0.2, 0) is 6.54 Å². The topological polar surface area (TPSA) is 94.1 Å². The first-order valence-corrected chi connectivity index (χ1v) is 11.7. The van der Waals surface area contributed by atoms with Crippen molar-refractivity contribution in [1.29, 1.82) is 0 Å². The summed E-state index contributed by atoms with van der Waals surface area (Å²) in [5.41, 5.74) is 3.50. The number of ether oxygens (including phenoxy) is 2. The normalized spacial score (nSPS) is 11.0. The monoisotopic (exact) mass is 521 g/mol. The molecule has 3 aromatic carbocycles. The van der Waals surface area contributed by atoms with Gasteiger partial charge in [0.05, 0.1) is 36.8 Å². The summed E-state index contributed by atoms with van der Waals surface area (Å²) in [5, 5.41) is 8.00. The highest BCUT2D eigenvalue weighted by Gasteiger charge is 2.23. The predicted octanol–water partition coefficient (Wildman–Crippen LogP) is 6.05. The van der Waals surface area contributed by atoms with E-state index in [1.165, 1.54) is 13.2 Å². The van der Waals surface area contributed by atoms with Crippen molar-refractivity contribution < 1.29 is 14.3 Å². The van der Waals surface area contributed by atoms with E-state index in [-0.39, 0.29) is 10.8 Å². The average Bonchev–Trinajstić information content (AvgIpc) is 3.44. The van der Waals surface area contributed by atoms with Crippen LogP contribution in [0.4, 0.5) is 5.82 Å². The van der Waals surface area contributed by atoms with E-state index in [2.05, 4.69) is 20.4 Å². The molecule has 0 saturated heterocycles. The Balaban J connectivity index is 1.53. The number of nitrogens with one attached hydrogen (secondary N) is 2. The fourth-order valence-corrected chi connectivity index (χ4v) is 4.35. The van der Waals surface area contributed by atoms with Gasteiger partial charge < -0.3 is 19.8 Å². The number of nitrogens with zero attached hydrogens (tertiary/aromatic N) is 3. The molecule has 0 fully saturated rings. The number of benzene rings is 3. The van der Waals surface area contributed by atoms with E-state index < -0.39 is 5.91 Å². The third kappa shape index (κ3) is 4.60. The molecule has 0 spiro atoms. The Morgan fingerprint density at radius 3 is 2.50 bits per heavy atom. The molecule has 10 heteroatoms. The quantitative estimate of drug-likeness (QED) is 0.271. The summed E-state index contributed by atoms with van der Waals surface area (Å²) in [7, 11) is 3.13. The number of rotatable bonds is 7. The van der Waals surface area contributed by atoms with E-state index in [1.54, 1.807) is 23.9 Å². The lowest BCUT2D eigenvalue weighted by molar-refractivity contribution is 0.102. The Hall–Kier alpha value is -4.01. The molecule has 0 radical (unpaired) electrons. The first kappa shape index (κ1) is 23.7. The summed E-state index contributed by atoms with van der Waals surface area (Å²) in [5.74, 6) is 1.56. The number of aromatic amines is 1. The van der Waals surface area contributed by atoms with Gasteiger partial charge in [-0.2, -0.15) is 5.10 Å². The number of carbonyl (C=O) groups excluding carboxylic acids is 1. The van der Waals surface area contributed by atoms with Crippen LogP contribution in [0.1, 0.15) is 15.9 Å². The van der Waals surface area contributed by atoms with Crippen molar-refractivity contribution in [3.63, 3.8) is 0 Å². The number of para-hydroxylation sites is 2. The molecule has 0 aliphatic heterocycles. The number of halogens is 2. The minimum Gasteiger partial charge on any atom is -0.497 e. The van der Waals surface area contributed by atoms with Gasteiger partial charge in [0, 0.05) is 5.56 Å². The van der Waals surface area contributed by atoms with E-state index >= 15 is 0 Å². The highest BCUT2D eigenvalue weighted by atomic mass is 35.5. The Labute approximate surface area is 216 Å². The molecule has 182 valence electrons. The molecule has 0 saturated carbocycles. The van der Waals surface area contributed by atoms with Crippen LogP contribution >= 0.6 is 23.2 Å². The van der Waals surface area contributed by atoms with Crippen LogP contribution in [0.3, 0.4) is 0 Å². The number of hydrogen-bond acceptors (Lipinski definition) is 5. The number of imidazole rings is 1. The Morgan fingerprint density at radius 2 is 1.81 bits per heavy atom. The lowest BCUT2D eigenvalue weighted by atomic mass is 10.2. The number of fused-ring (bicyclic) bond motifs is 1. The van der Waals surface area contributed by atoms with Gasteiger partial charge in [0.1, 0.15) is 22.2 Å². The molecule has 8 nitrogen and oxygen atoms in total. The van der Waals surface area contributed by atoms with Crippen LogP contribution in [0.5, 0.6) is 11.5 Å². The third-order valence-electron chi connectivity index (χ3n) is 5.65. The molecule has 5 rings (SSSR count). The standard InChI is InChI=1S/C26H21Cl2N5O3/c1-35-17-10-7-15(8-11-17)14-33-23(25-29-19-5-3-4-6-20(19)30-25)22(28)24(32-33)31-26(34)16-9-12-21(36-2)18(27)13-16/h3-13H,14H2,1-2H3,(H,29,30)(H,31,32,34). The van der Waals surface area contributed by atoms with Gasteiger partial charge in [-0.05, 0) is 48.0 Å². The maximum atomic E-state index is 13.0. The van der Waals surface area contributed by atoms with Gasteiger partial charge in [-0.15, -0.1) is 0 Å². The van der Waals surface area contributed by atoms with Crippen molar-refractivity contribution in [2.24, 2.45) is 0 Å². The number of H-pyrrole nitrogens is 1. The van der Waals surface area contributed by atoms with Gasteiger partial charge in [-0.3, -0.25) is 9.48 Å². The van der Waals surface area contributed by atoms with Gasteiger partial charge in [-0.25, -0.2) is 4.98 Å². The first-order valence-electron chi connectivity index (χ1n) is 11.0. The van der Waals surface area contributed by atoms with Crippen molar-refractivity contribution in [2.45, 2.75) is 6.54 Å². The van der Waals surface area contributed by atoms with Crippen molar-refractivity contribution >= 4 is 46.0 Å². The minimum atomic E-state index is -0.410. The highest BCUT2D eigenvalue weighted by molar-refractivity contribution is 6.36. The lowest BCUT2D eigenvalue weighted by Gasteiger charge is -2.07. The summed E-state index contributed by atoms with van der Waals surface area (Å²) < 4.78 is 12.1. The minimum absolute atomic E-state index is 0.206. The van der Waals surface area contributed by atoms with Crippen LogP contribution in [0.25, 0.3) is 22.6 Å². The van der Waals surface area contributed by atoms with Crippen LogP contribution in [-0.4, -0.2) is 39.9 Å². The number of carbonyl (C=O) groups is 1. The van der Waals surface area contributed by atoms with E-state index in [4.69, 9.17) is 32.7 Å². The third-order valence-corrected chi connectivity index (χ3v) is 6.30. The lowest BCUT2D eigenvalue weighted by Crippen LogP contribution is -2.13. The molecule has 0 atom stereocenters. The van der Waals surface area contributed by atoms with E-state index in [9.17, 15) is 4.79 Å². The maximum absolute atomic E-state index is 13.0. The Kier molecular flexibility index (Phi) is 6.54. The Morgan fingerprint density at radius 1 is 1.03 bits per heavy atom. The van der Waals surface area contributed by atoms with Gasteiger partial charge in [-0.1, -0.05) is 47.5 Å². The van der Waals surface area contributed by atoms with Crippen molar-refractivity contribution in [2.75, 3.05) is 19.5 Å². The average molecular weight is 522 g/mol. The second-order valence-electron chi connectivity index (χ2n) is 7.92. The van der Waals surface area contributed by atoms with Crippen molar-refractivity contribution in [3.05, 3.63) is 87.9 Å². The van der Waals surface area contributed by atoms with E-state index in [0.717, 1.165) is 22.3 Å². The Bertz CT molecular complexity index is 1530. The summed E-state index contributed by atoms with van der Waals surface area (Å²) in [6.07, 6.45) is 0. The zero-order valence-corrected chi connectivity index (χ0v) is 20.9. The summed E-state index contributed by atoms with van der Waals surface area (Å²) in [6, 6.07) is 20.1. The van der Waals surface area contributed by atoms with Crippen molar-refractivity contribution in [1.82, 2.24) is 19.7 Å². The number of aromatic nitrogens is 4. The summed E-state index contributed by atoms with van der Waals surface area (Å²) in [6.45, 7) is 0.389. The molecule has 0 unspecified atom stereocenters. The fraction of sp³-hybridized carbons (Fsp3) is 0.115. The smallest absolute Gasteiger partial charge is 0.256 e. The molecule has 1 amide bonds. The predicted molar refractivity (Wildman–Crippen MR) is 140 cm³/mol. The number of amides is 1. The molecule has 2 heterocycles. The summed E-state index contributed by atoms with van der Waals surface area (Å²) in [4.78, 5) is 21.0. The zero-order valence-electron chi connectivity index (χ0n) is 19.4. The molecular formula is C26H21Cl2N5O3. The van der Waals surface area contributed by atoms with Gasteiger partial charge >= 0.3 is 0 Å². The second-order valence-corrected chi connectivity index (χ2v) is 8.71. The SMILES string of the molecule is COc1ccc(Cn2nc(NC(=O)c3ccc(OC)c(Cl)c3)c(Cl)c2-c2nc3ccccc3[nH]2)cc1. The van der Waals surface area contributed by atoms with Gasteiger partial charge in [0.25, 0.3) is 5.91 Å². The highest BCUT2D eigenvalue weighted by Crippen LogP contribution is 2.35. The molecule has 5 aromatic rings. The van der Waals surface area contributed by atoms with Crippen LogP contribution in [0.15, 0.2) is 66.7 Å². The fourth-order valence-electron chi connectivity index (χ4n) is 3.82. The van der Waals surface area contributed by atoms with Crippen LogP contribution in [0, 0.1) is 0 Å². The van der Waals surface area contributed by atoms with E-state index in [0.29, 0.717) is 34.4 Å². The number of methoxy groups -OCH3 is 2. The van der Waals surface area contributed by atoms with Gasteiger partial charge in [0.2, 0.25) is 0 Å². The van der Waals surface area contributed by atoms with Crippen molar-refractivity contribution in [3.8, 4) is 23.0 Å². The number of anilines is 1. The maximum Gasteiger partial charge on any atom is 0.256 e. The first-order chi connectivity index (χ1) is 17.5. The molecule has 2 N–H and O–H groups in total. The van der Waals surface area contributed by atoms with Crippen LogP contribution < -0.4 is 14.8 Å². The molecule has 0 aliphatic carbocycles. The van der Waals surface area contributed by atoms with E-state index in [1.807, 2.05) is 48.5 Å². The van der Waals surface area contributed by atoms with Crippen LogP contribution in [0.2, 0.25) is 10.0 Å². The molecule has 36 heavy (non-hydrogen) atoms. The molecule has 0 bridgehead atoms. The zero-order chi connectivity index (χ0) is 25.2. The molecular weight excluding hydrogens is 501 g/mol.